The highest BCUT2D eigenvalue weighted by molar-refractivity contribution is 7.09. The topological polar surface area (TPSA) is 103 Å². The number of hydrogen-bond acceptors (Lipinski definition) is 7. The number of benzene rings is 2. The molecular formula is C23H23N5O3S. The van der Waals surface area contributed by atoms with Crippen molar-refractivity contribution in [3.63, 3.8) is 0 Å². The second-order valence-corrected chi connectivity index (χ2v) is 8.42. The van der Waals surface area contributed by atoms with Crippen molar-refractivity contribution in [3.05, 3.63) is 87.1 Å². The summed E-state index contributed by atoms with van der Waals surface area (Å²) in [5.74, 6) is -0.199. The van der Waals surface area contributed by atoms with Crippen LogP contribution in [0.1, 0.15) is 51.5 Å². The smallest absolute Gasteiger partial charge is 0.304 e. The van der Waals surface area contributed by atoms with E-state index in [0.717, 1.165) is 27.3 Å². The molecule has 1 unspecified atom stereocenters. The zero-order valence-corrected chi connectivity index (χ0v) is 18.8. The highest BCUT2D eigenvalue weighted by Crippen LogP contribution is 2.35. The van der Waals surface area contributed by atoms with E-state index >= 15 is 0 Å². The number of hydrogen-bond donors (Lipinski definition) is 1. The first-order valence-corrected chi connectivity index (χ1v) is 11.0. The lowest BCUT2D eigenvalue weighted by molar-refractivity contribution is -0.137. The fourth-order valence-electron chi connectivity index (χ4n) is 3.68. The molecule has 9 heteroatoms. The Bertz CT molecular complexity index is 1220. The Balaban J connectivity index is 1.65. The van der Waals surface area contributed by atoms with Crippen molar-refractivity contribution in [1.29, 1.82) is 0 Å². The molecular weight excluding hydrogens is 426 g/mol. The molecule has 0 saturated carbocycles. The molecule has 2 atom stereocenters. The molecule has 164 valence electrons. The number of aliphatic carboxylic acids is 1. The maximum atomic E-state index is 11.4. The van der Waals surface area contributed by atoms with E-state index < -0.39 is 11.9 Å². The van der Waals surface area contributed by atoms with E-state index in [0.29, 0.717) is 11.6 Å². The first kappa shape index (κ1) is 21.6. The molecule has 4 aromatic rings. The van der Waals surface area contributed by atoms with Gasteiger partial charge in [-0.2, -0.15) is 0 Å². The number of tetrazole rings is 1. The molecule has 0 amide bonds. The monoisotopic (exact) mass is 449 g/mol. The number of thiazole rings is 1. The number of nitrogens with zero attached hydrogens (tertiary/aromatic N) is 5. The third-order valence-electron chi connectivity index (χ3n) is 5.37. The van der Waals surface area contributed by atoms with Crippen molar-refractivity contribution in [2.24, 2.45) is 7.05 Å². The molecule has 8 nitrogen and oxygen atoms in total. The van der Waals surface area contributed by atoms with Gasteiger partial charge < -0.3 is 9.84 Å². The molecule has 0 aliphatic carbocycles. The van der Waals surface area contributed by atoms with E-state index in [9.17, 15) is 9.90 Å². The minimum atomic E-state index is -0.918. The van der Waals surface area contributed by atoms with Gasteiger partial charge in [0.05, 0.1) is 28.4 Å². The van der Waals surface area contributed by atoms with Gasteiger partial charge in [-0.05, 0) is 47.5 Å². The van der Waals surface area contributed by atoms with Crippen LogP contribution in [0.5, 0.6) is 5.75 Å². The Kier molecular flexibility index (Phi) is 6.27. The van der Waals surface area contributed by atoms with Crippen molar-refractivity contribution < 1.29 is 14.6 Å². The molecule has 4 rings (SSSR count). The molecule has 0 aliphatic heterocycles. The van der Waals surface area contributed by atoms with Crippen molar-refractivity contribution in [1.82, 2.24) is 25.2 Å². The fourth-order valence-corrected chi connectivity index (χ4v) is 4.53. The van der Waals surface area contributed by atoms with E-state index in [2.05, 4.69) is 39.6 Å². The quantitative estimate of drug-likeness (QED) is 0.433. The van der Waals surface area contributed by atoms with Crippen molar-refractivity contribution in [2.45, 2.75) is 32.3 Å². The third-order valence-corrected chi connectivity index (χ3v) is 6.35. The predicted molar refractivity (Wildman–Crippen MR) is 120 cm³/mol. The zero-order chi connectivity index (χ0) is 22.7. The maximum Gasteiger partial charge on any atom is 0.304 e. The van der Waals surface area contributed by atoms with Crippen LogP contribution in [0.3, 0.4) is 0 Å². The molecule has 1 N–H and O–H groups in total. The van der Waals surface area contributed by atoms with Crippen molar-refractivity contribution in [3.8, 4) is 5.75 Å². The molecule has 2 aromatic carbocycles. The number of aromatic nitrogens is 5. The normalized spacial score (nSPS) is 13.0. The van der Waals surface area contributed by atoms with Crippen LogP contribution < -0.4 is 4.74 Å². The summed E-state index contributed by atoms with van der Waals surface area (Å²) in [6, 6.07) is 15.6. The molecule has 0 fully saturated rings. The average molecular weight is 450 g/mol. The van der Waals surface area contributed by atoms with Crippen LogP contribution in [0, 0.1) is 13.8 Å². The van der Waals surface area contributed by atoms with E-state index in [4.69, 9.17) is 4.74 Å². The van der Waals surface area contributed by atoms with Gasteiger partial charge in [0.2, 0.25) is 0 Å². The van der Waals surface area contributed by atoms with Crippen LogP contribution in [-0.4, -0.2) is 36.3 Å². The zero-order valence-electron chi connectivity index (χ0n) is 18.0. The maximum absolute atomic E-state index is 11.4. The summed E-state index contributed by atoms with van der Waals surface area (Å²) in [7, 11) is 1.70. The lowest BCUT2D eigenvalue weighted by Crippen LogP contribution is -2.13. The Hall–Kier alpha value is -3.59. The van der Waals surface area contributed by atoms with Crippen molar-refractivity contribution in [2.75, 3.05) is 0 Å². The summed E-state index contributed by atoms with van der Waals surface area (Å²) < 4.78 is 7.94. The van der Waals surface area contributed by atoms with Gasteiger partial charge in [0.25, 0.3) is 0 Å². The standard InChI is InChI=1S/C23H23N5O3S/c1-14-6-4-5-7-18(14)21(22-15(2)24-13-32-22)31-17-10-8-16(9-11-17)19(12-20(29)30)23-25-26-27-28(23)3/h4-11,13,19,21H,12H2,1-3H3,(H,29,30)/t19?,21-/m0/s1. The van der Waals surface area contributed by atoms with Crippen LogP contribution in [-0.2, 0) is 11.8 Å². The summed E-state index contributed by atoms with van der Waals surface area (Å²) in [5.41, 5.74) is 5.79. The average Bonchev–Trinajstić information content (AvgIpc) is 3.39. The molecule has 0 bridgehead atoms. The number of aryl methyl sites for hydroxylation is 3. The summed E-state index contributed by atoms with van der Waals surface area (Å²) in [6.07, 6.45) is -0.396. The Morgan fingerprint density at radius 3 is 2.50 bits per heavy atom. The Morgan fingerprint density at radius 1 is 1.16 bits per heavy atom. The van der Waals surface area contributed by atoms with Gasteiger partial charge in [-0.15, -0.1) is 16.4 Å². The van der Waals surface area contributed by atoms with E-state index in [1.807, 2.05) is 48.8 Å². The Labute approximate surface area is 189 Å². The van der Waals surface area contributed by atoms with Crippen molar-refractivity contribution >= 4 is 17.3 Å². The van der Waals surface area contributed by atoms with Crippen LogP contribution in [0.4, 0.5) is 0 Å². The Morgan fingerprint density at radius 2 is 1.91 bits per heavy atom. The molecule has 0 radical (unpaired) electrons. The van der Waals surface area contributed by atoms with Crippen LogP contribution >= 0.6 is 11.3 Å². The van der Waals surface area contributed by atoms with Crippen LogP contribution in [0.25, 0.3) is 0 Å². The van der Waals surface area contributed by atoms with Crippen LogP contribution in [0.2, 0.25) is 0 Å². The summed E-state index contributed by atoms with van der Waals surface area (Å²) >= 11 is 1.57. The minimum Gasteiger partial charge on any atom is -0.481 e. The molecule has 32 heavy (non-hydrogen) atoms. The second kappa shape index (κ2) is 9.27. The van der Waals surface area contributed by atoms with Gasteiger partial charge in [-0.25, -0.2) is 9.67 Å². The molecule has 2 heterocycles. The minimum absolute atomic E-state index is 0.111. The van der Waals surface area contributed by atoms with Gasteiger partial charge in [0, 0.05) is 12.6 Å². The van der Waals surface area contributed by atoms with E-state index in [1.54, 1.807) is 18.4 Å². The number of carboxylic acids is 1. The largest absolute Gasteiger partial charge is 0.481 e. The fraction of sp³-hybridized carbons (Fsp3) is 0.261. The van der Waals surface area contributed by atoms with Crippen LogP contribution in [0.15, 0.2) is 54.0 Å². The summed E-state index contributed by atoms with van der Waals surface area (Å²) in [5, 5.41) is 20.9. The molecule has 0 aliphatic rings. The molecule has 0 saturated heterocycles. The van der Waals surface area contributed by atoms with Gasteiger partial charge in [-0.3, -0.25) is 4.79 Å². The first-order valence-electron chi connectivity index (χ1n) is 10.1. The number of carbonyl (C=O) groups is 1. The van der Waals surface area contributed by atoms with Gasteiger partial charge in [-0.1, -0.05) is 36.4 Å². The van der Waals surface area contributed by atoms with E-state index in [1.165, 1.54) is 4.68 Å². The number of carboxylic acid groups (broad SMARTS) is 1. The predicted octanol–water partition coefficient (Wildman–Crippen LogP) is 4.06. The van der Waals surface area contributed by atoms with E-state index in [-0.39, 0.29) is 12.5 Å². The highest BCUT2D eigenvalue weighted by Gasteiger charge is 2.25. The molecule has 2 aromatic heterocycles. The van der Waals surface area contributed by atoms with Gasteiger partial charge >= 0.3 is 5.97 Å². The number of ether oxygens (including phenoxy) is 1. The lowest BCUT2D eigenvalue weighted by Gasteiger charge is -2.21. The summed E-state index contributed by atoms with van der Waals surface area (Å²) in [6.45, 7) is 4.05. The SMILES string of the molecule is Cc1ccccc1[C@H](Oc1ccc(C(CC(=O)O)c2nnnn2C)cc1)c1scnc1C. The first-order chi connectivity index (χ1) is 15.4. The highest BCUT2D eigenvalue weighted by atomic mass is 32.1. The van der Waals surface area contributed by atoms with Gasteiger partial charge in [0.1, 0.15) is 5.75 Å². The third kappa shape index (κ3) is 4.52. The number of rotatable bonds is 8. The lowest BCUT2D eigenvalue weighted by atomic mass is 9.94. The second-order valence-electron chi connectivity index (χ2n) is 7.54. The van der Waals surface area contributed by atoms with Gasteiger partial charge in [0.15, 0.2) is 11.9 Å². The summed E-state index contributed by atoms with van der Waals surface area (Å²) in [4.78, 5) is 16.9. The molecule has 0 spiro atoms.